The first-order chi connectivity index (χ1) is 8.33. The van der Waals surface area contributed by atoms with Gasteiger partial charge in [-0.2, -0.15) is 0 Å². The Balaban J connectivity index is 1.63. The smallest absolute Gasteiger partial charge is 0.0934 e. The van der Waals surface area contributed by atoms with Gasteiger partial charge in [0.05, 0.1) is 10.9 Å². The fraction of sp³-hybridized carbons (Fsp3) is 0.692. The van der Waals surface area contributed by atoms with E-state index in [4.69, 9.17) is 16.3 Å². The van der Waals surface area contributed by atoms with Crippen molar-refractivity contribution >= 4 is 22.9 Å². The van der Waals surface area contributed by atoms with Crippen molar-refractivity contribution in [2.45, 2.75) is 31.7 Å². The Labute approximate surface area is 111 Å². The Morgan fingerprint density at radius 1 is 1.47 bits per heavy atom. The Morgan fingerprint density at radius 2 is 2.41 bits per heavy atom. The Kier molecular flexibility index (Phi) is 3.71. The van der Waals surface area contributed by atoms with E-state index in [0.717, 1.165) is 24.1 Å². The van der Waals surface area contributed by atoms with E-state index in [1.165, 1.54) is 36.1 Å². The van der Waals surface area contributed by atoms with Gasteiger partial charge in [0.1, 0.15) is 0 Å². The summed E-state index contributed by atoms with van der Waals surface area (Å²) in [5, 5.41) is 3.70. The summed E-state index contributed by atoms with van der Waals surface area (Å²) in [6.45, 7) is 2.95. The third kappa shape index (κ3) is 2.68. The summed E-state index contributed by atoms with van der Waals surface area (Å²) in [5.74, 6) is 0.703. The highest BCUT2D eigenvalue weighted by atomic mass is 35.5. The molecule has 1 aliphatic carbocycles. The molecule has 0 aromatic carbocycles. The highest BCUT2D eigenvalue weighted by molar-refractivity contribution is 7.16. The van der Waals surface area contributed by atoms with Gasteiger partial charge in [-0.3, -0.25) is 0 Å². The third-order valence-corrected chi connectivity index (χ3v) is 5.10. The third-order valence-electron chi connectivity index (χ3n) is 3.76. The molecule has 2 aliphatic rings. The maximum Gasteiger partial charge on any atom is 0.0934 e. The molecule has 3 rings (SSSR count). The van der Waals surface area contributed by atoms with Gasteiger partial charge in [0.25, 0.3) is 0 Å². The van der Waals surface area contributed by atoms with Crippen LogP contribution in [-0.2, 0) is 11.2 Å². The lowest BCUT2D eigenvalue weighted by atomic mass is 9.93. The summed E-state index contributed by atoms with van der Waals surface area (Å²) in [7, 11) is 0. The molecule has 4 heteroatoms. The summed E-state index contributed by atoms with van der Waals surface area (Å²) in [5.41, 5.74) is 1.45. The number of aryl methyl sites for hydroxylation is 1. The van der Waals surface area contributed by atoms with Crippen LogP contribution in [0.25, 0.3) is 0 Å². The average Bonchev–Trinajstić information content (AvgIpc) is 2.93. The quantitative estimate of drug-likeness (QED) is 0.910. The van der Waals surface area contributed by atoms with Crippen molar-refractivity contribution in [2.24, 2.45) is 5.92 Å². The number of hydrogen-bond acceptors (Lipinski definition) is 3. The standard InChI is InChI=1S/C13H18ClNOS/c14-13-6-10-11(2-1-3-12(10)17-13)15-7-9-4-5-16-8-9/h6,9,11,15H,1-5,7-8H2. The molecule has 1 aromatic heterocycles. The van der Waals surface area contributed by atoms with Crippen LogP contribution in [0, 0.1) is 5.92 Å². The minimum Gasteiger partial charge on any atom is -0.381 e. The van der Waals surface area contributed by atoms with Crippen LogP contribution < -0.4 is 5.32 Å². The molecule has 17 heavy (non-hydrogen) atoms. The molecule has 2 unspecified atom stereocenters. The zero-order valence-corrected chi connectivity index (χ0v) is 11.4. The molecule has 1 N–H and O–H groups in total. The van der Waals surface area contributed by atoms with Crippen molar-refractivity contribution in [3.05, 3.63) is 20.8 Å². The van der Waals surface area contributed by atoms with Gasteiger partial charge in [0.15, 0.2) is 0 Å². The lowest BCUT2D eigenvalue weighted by Crippen LogP contribution is -2.29. The molecule has 0 radical (unpaired) electrons. The van der Waals surface area contributed by atoms with Crippen LogP contribution in [-0.4, -0.2) is 19.8 Å². The second kappa shape index (κ2) is 5.27. The number of thiophene rings is 1. The molecular weight excluding hydrogens is 254 g/mol. The Morgan fingerprint density at radius 3 is 3.24 bits per heavy atom. The van der Waals surface area contributed by atoms with E-state index >= 15 is 0 Å². The van der Waals surface area contributed by atoms with Crippen LogP contribution in [0.1, 0.15) is 35.7 Å². The summed E-state index contributed by atoms with van der Waals surface area (Å²) >= 11 is 7.87. The van der Waals surface area contributed by atoms with E-state index in [-0.39, 0.29) is 0 Å². The van der Waals surface area contributed by atoms with Gasteiger partial charge in [-0.15, -0.1) is 11.3 Å². The first-order valence-electron chi connectivity index (χ1n) is 6.42. The van der Waals surface area contributed by atoms with E-state index in [9.17, 15) is 0 Å². The van der Waals surface area contributed by atoms with Crippen LogP contribution in [0.15, 0.2) is 6.07 Å². The minimum absolute atomic E-state index is 0.517. The van der Waals surface area contributed by atoms with E-state index in [1.54, 1.807) is 11.3 Å². The molecule has 94 valence electrons. The lowest BCUT2D eigenvalue weighted by Gasteiger charge is -2.24. The van der Waals surface area contributed by atoms with Gasteiger partial charge < -0.3 is 10.1 Å². The number of hydrogen-bond donors (Lipinski definition) is 1. The molecule has 0 bridgehead atoms. The average molecular weight is 272 g/mol. The topological polar surface area (TPSA) is 21.3 Å². The number of halogens is 1. The van der Waals surface area contributed by atoms with Gasteiger partial charge in [-0.25, -0.2) is 0 Å². The molecule has 1 aromatic rings. The normalized spacial score (nSPS) is 28.3. The predicted octanol–water partition coefficient (Wildman–Crippen LogP) is 3.41. The molecule has 1 fully saturated rings. The summed E-state index contributed by atoms with van der Waals surface area (Å²) in [6.07, 6.45) is 4.94. The molecular formula is C13H18ClNOS. The number of fused-ring (bicyclic) bond motifs is 1. The predicted molar refractivity (Wildman–Crippen MR) is 71.9 cm³/mol. The minimum atomic E-state index is 0.517. The van der Waals surface area contributed by atoms with Gasteiger partial charge in [0, 0.05) is 24.1 Å². The zero-order chi connectivity index (χ0) is 11.7. The van der Waals surface area contributed by atoms with E-state index in [0.29, 0.717) is 12.0 Å². The van der Waals surface area contributed by atoms with Crippen LogP contribution in [0.4, 0.5) is 0 Å². The molecule has 2 nitrogen and oxygen atoms in total. The first kappa shape index (κ1) is 12.0. The number of nitrogens with one attached hydrogen (secondary N) is 1. The van der Waals surface area contributed by atoms with E-state index < -0.39 is 0 Å². The van der Waals surface area contributed by atoms with Crippen molar-refractivity contribution in [2.75, 3.05) is 19.8 Å². The second-order valence-electron chi connectivity index (χ2n) is 5.01. The van der Waals surface area contributed by atoms with Crippen LogP contribution in [0.5, 0.6) is 0 Å². The largest absolute Gasteiger partial charge is 0.381 e. The van der Waals surface area contributed by atoms with Gasteiger partial charge in [-0.1, -0.05) is 11.6 Å². The van der Waals surface area contributed by atoms with E-state index in [2.05, 4.69) is 11.4 Å². The highest BCUT2D eigenvalue weighted by Crippen LogP contribution is 2.37. The van der Waals surface area contributed by atoms with Crippen molar-refractivity contribution in [3.8, 4) is 0 Å². The van der Waals surface area contributed by atoms with Crippen molar-refractivity contribution in [1.82, 2.24) is 5.32 Å². The SMILES string of the molecule is Clc1cc2c(s1)CCCC2NCC1CCOC1. The summed E-state index contributed by atoms with van der Waals surface area (Å²) < 4.78 is 6.35. The zero-order valence-electron chi connectivity index (χ0n) is 9.88. The molecule has 0 spiro atoms. The number of rotatable bonds is 3. The molecule has 1 aliphatic heterocycles. The molecule has 0 saturated carbocycles. The maximum absolute atomic E-state index is 6.11. The molecule has 2 atom stereocenters. The van der Waals surface area contributed by atoms with Crippen molar-refractivity contribution in [3.63, 3.8) is 0 Å². The monoisotopic (exact) mass is 271 g/mol. The summed E-state index contributed by atoms with van der Waals surface area (Å²) in [6, 6.07) is 2.67. The van der Waals surface area contributed by atoms with E-state index in [1.807, 2.05) is 0 Å². The first-order valence-corrected chi connectivity index (χ1v) is 7.61. The van der Waals surface area contributed by atoms with Crippen LogP contribution >= 0.6 is 22.9 Å². The lowest BCUT2D eigenvalue weighted by molar-refractivity contribution is 0.184. The molecule has 1 saturated heterocycles. The van der Waals surface area contributed by atoms with Crippen LogP contribution in [0.2, 0.25) is 4.34 Å². The summed E-state index contributed by atoms with van der Waals surface area (Å²) in [4.78, 5) is 1.49. The van der Waals surface area contributed by atoms with Gasteiger partial charge in [-0.05, 0) is 43.2 Å². The molecule has 0 amide bonds. The highest BCUT2D eigenvalue weighted by Gasteiger charge is 2.24. The Hall–Kier alpha value is -0.0900. The number of ether oxygens (including phenoxy) is 1. The van der Waals surface area contributed by atoms with Gasteiger partial charge >= 0.3 is 0 Å². The Bertz CT molecular complexity index is 387. The molecule has 2 heterocycles. The fourth-order valence-corrected chi connectivity index (χ4v) is 4.17. The van der Waals surface area contributed by atoms with Crippen molar-refractivity contribution < 1.29 is 4.74 Å². The van der Waals surface area contributed by atoms with Crippen LogP contribution in [0.3, 0.4) is 0 Å². The van der Waals surface area contributed by atoms with Gasteiger partial charge in [0.2, 0.25) is 0 Å². The second-order valence-corrected chi connectivity index (χ2v) is 6.78. The van der Waals surface area contributed by atoms with Crippen molar-refractivity contribution in [1.29, 1.82) is 0 Å². The maximum atomic E-state index is 6.11. The fourth-order valence-electron chi connectivity index (χ4n) is 2.79.